The Morgan fingerprint density at radius 3 is 2.59 bits per heavy atom. The fourth-order valence-corrected chi connectivity index (χ4v) is 3.29. The molecule has 1 unspecified atom stereocenters. The maximum Gasteiger partial charge on any atom is 0.307 e. The van der Waals surface area contributed by atoms with E-state index < -0.39 is 6.04 Å². The Kier molecular flexibility index (Phi) is 6.29. The lowest BCUT2D eigenvalue weighted by molar-refractivity contribution is -0.141. The highest BCUT2D eigenvalue weighted by atomic mass is 79.9. The van der Waals surface area contributed by atoms with Gasteiger partial charge in [-0.2, -0.15) is 0 Å². The molecule has 0 aliphatic rings. The number of nitrogens with one attached hydrogen (secondary N) is 1. The van der Waals surface area contributed by atoms with Crippen LogP contribution in [0.3, 0.4) is 0 Å². The maximum absolute atomic E-state index is 12.5. The van der Waals surface area contributed by atoms with Gasteiger partial charge in [0, 0.05) is 29.2 Å². The van der Waals surface area contributed by atoms with Gasteiger partial charge in [-0.3, -0.25) is 9.59 Å². The van der Waals surface area contributed by atoms with Crippen LogP contribution in [-0.4, -0.2) is 23.6 Å². The molecule has 0 bridgehead atoms. The van der Waals surface area contributed by atoms with E-state index in [2.05, 4.69) is 25.8 Å². The lowest BCUT2D eigenvalue weighted by Gasteiger charge is -2.18. The maximum atomic E-state index is 12.5. The van der Waals surface area contributed by atoms with Crippen molar-refractivity contribution in [2.75, 3.05) is 7.11 Å². The number of rotatable bonds is 7. The Labute approximate surface area is 166 Å². The molecule has 0 radical (unpaired) electrons. The average molecular weight is 429 g/mol. The zero-order chi connectivity index (χ0) is 19.2. The minimum Gasteiger partial charge on any atom is -0.469 e. The lowest BCUT2D eigenvalue weighted by atomic mass is 10.0. The van der Waals surface area contributed by atoms with Crippen molar-refractivity contribution in [1.82, 2.24) is 9.88 Å². The Morgan fingerprint density at radius 1 is 1.11 bits per heavy atom. The van der Waals surface area contributed by atoms with E-state index in [1.165, 1.54) is 7.11 Å². The summed E-state index contributed by atoms with van der Waals surface area (Å²) in [5, 5.41) is 4.11. The van der Waals surface area contributed by atoms with E-state index in [0.717, 1.165) is 20.9 Å². The van der Waals surface area contributed by atoms with Crippen LogP contribution in [-0.2, 0) is 20.9 Å². The molecule has 3 rings (SSSR count). The summed E-state index contributed by atoms with van der Waals surface area (Å²) < 4.78 is 7.77. The number of nitrogens with zero attached hydrogens (tertiary/aromatic N) is 1. The fraction of sp³-hybridized carbons (Fsp3) is 0.238. The first-order valence-electron chi connectivity index (χ1n) is 8.72. The molecule has 1 N–H and O–H groups in total. The SMILES string of the molecule is COC(=O)CC(NC(=O)CCn1ccc2ccccc21)c1ccc(Br)cc1. The molecular weight excluding hydrogens is 408 g/mol. The van der Waals surface area contributed by atoms with Crippen molar-refractivity contribution in [1.29, 1.82) is 0 Å². The smallest absolute Gasteiger partial charge is 0.307 e. The van der Waals surface area contributed by atoms with E-state index in [1.807, 2.05) is 60.8 Å². The van der Waals surface area contributed by atoms with Crippen LogP contribution < -0.4 is 5.32 Å². The van der Waals surface area contributed by atoms with E-state index in [-0.39, 0.29) is 18.3 Å². The molecule has 1 amide bonds. The number of para-hydroxylation sites is 1. The first-order chi connectivity index (χ1) is 13.1. The molecular formula is C21H21BrN2O3. The zero-order valence-electron chi connectivity index (χ0n) is 15.0. The van der Waals surface area contributed by atoms with E-state index in [1.54, 1.807) is 0 Å². The molecule has 1 heterocycles. The molecule has 27 heavy (non-hydrogen) atoms. The molecule has 2 aromatic carbocycles. The molecule has 3 aromatic rings. The first-order valence-corrected chi connectivity index (χ1v) is 9.51. The average Bonchev–Trinajstić information content (AvgIpc) is 3.09. The number of hydrogen-bond donors (Lipinski definition) is 1. The van der Waals surface area contributed by atoms with Gasteiger partial charge in [0.25, 0.3) is 0 Å². The highest BCUT2D eigenvalue weighted by Gasteiger charge is 2.19. The van der Waals surface area contributed by atoms with Gasteiger partial charge in [-0.1, -0.05) is 46.3 Å². The summed E-state index contributed by atoms with van der Waals surface area (Å²) >= 11 is 3.39. The molecule has 0 aliphatic carbocycles. The highest BCUT2D eigenvalue weighted by molar-refractivity contribution is 9.10. The zero-order valence-corrected chi connectivity index (χ0v) is 16.6. The Morgan fingerprint density at radius 2 is 1.85 bits per heavy atom. The number of aromatic nitrogens is 1. The van der Waals surface area contributed by atoms with E-state index in [0.29, 0.717) is 13.0 Å². The van der Waals surface area contributed by atoms with Crippen LogP contribution >= 0.6 is 15.9 Å². The van der Waals surface area contributed by atoms with E-state index in [9.17, 15) is 9.59 Å². The third-order valence-corrected chi connectivity index (χ3v) is 4.99. The lowest BCUT2D eigenvalue weighted by Crippen LogP contribution is -2.31. The Balaban J connectivity index is 1.66. The van der Waals surface area contributed by atoms with E-state index >= 15 is 0 Å². The molecule has 140 valence electrons. The van der Waals surface area contributed by atoms with Crippen molar-refractivity contribution in [3.63, 3.8) is 0 Å². The van der Waals surface area contributed by atoms with Crippen LogP contribution in [0.1, 0.15) is 24.4 Å². The van der Waals surface area contributed by atoms with Crippen LogP contribution in [0.5, 0.6) is 0 Å². The number of carbonyl (C=O) groups excluding carboxylic acids is 2. The summed E-state index contributed by atoms with van der Waals surface area (Å²) in [6, 6.07) is 17.2. The van der Waals surface area contributed by atoms with Crippen molar-refractivity contribution in [3.8, 4) is 0 Å². The highest BCUT2D eigenvalue weighted by Crippen LogP contribution is 2.21. The van der Waals surface area contributed by atoms with Gasteiger partial charge in [0.1, 0.15) is 0 Å². The number of hydrogen-bond acceptors (Lipinski definition) is 3. The third-order valence-electron chi connectivity index (χ3n) is 4.47. The number of fused-ring (bicyclic) bond motifs is 1. The molecule has 1 aromatic heterocycles. The molecule has 6 heteroatoms. The quantitative estimate of drug-likeness (QED) is 0.573. The summed E-state index contributed by atoms with van der Waals surface area (Å²) in [5.41, 5.74) is 1.97. The van der Waals surface area contributed by atoms with Gasteiger partial charge in [0.05, 0.1) is 19.6 Å². The number of carbonyl (C=O) groups is 2. The predicted molar refractivity (Wildman–Crippen MR) is 108 cm³/mol. The summed E-state index contributed by atoms with van der Waals surface area (Å²) in [6.45, 7) is 0.574. The minimum atomic E-state index is -0.417. The van der Waals surface area contributed by atoms with Crippen LogP contribution in [0.2, 0.25) is 0 Å². The second-order valence-electron chi connectivity index (χ2n) is 6.27. The van der Waals surface area contributed by atoms with Gasteiger partial charge in [0.2, 0.25) is 5.91 Å². The molecule has 0 aliphatic heterocycles. The van der Waals surface area contributed by atoms with Crippen molar-refractivity contribution >= 4 is 38.7 Å². The Bertz CT molecular complexity index is 934. The van der Waals surface area contributed by atoms with E-state index in [4.69, 9.17) is 4.74 Å². The van der Waals surface area contributed by atoms with Gasteiger partial charge in [-0.25, -0.2) is 0 Å². The summed E-state index contributed by atoms with van der Waals surface area (Å²) in [6.07, 6.45) is 2.40. The molecule has 0 saturated carbocycles. The molecule has 0 spiro atoms. The van der Waals surface area contributed by atoms with Crippen molar-refractivity contribution in [3.05, 3.63) is 70.8 Å². The summed E-state index contributed by atoms with van der Waals surface area (Å²) in [5.74, 6) is -0.468. The summed E-state index contributed by atoms with van der Waals surface area (Å²) in [4.78, 5) is 24.3. The minimum absolute atomic E-state index is 0.0936. The molecule has 0 fully saturated rings. The number of esters is 1. The number of amides is 1. The van der Waals surface area contributed by atoms with Gasteiger partial charge in [-0.15, -0.1) is 0 Å². The Hall–Kier alpha value is -2.60. The van der Waals surface area contributed by atoms with Gasteiger partial charge >= 0.3 is 5.97 Å². The van der Waals surface area contributed by atoms with Crippen LogP contribution in [0.25, 0.3) is 10.9 Å². The van der Waals surface area contributed by atoms with Crippen LogP contribution in [0, 0.1) is 0 Å². The normalized spacial score (nSPS) is 11.9. The van der Waals surface area contributed by atoms with Crippen molar-refractivity contribution in [2.24, 2.45) is 0 Å². The van der Waals surface area contributed by atoms with Crippen LogP contribution in [0.15, 0.2) is 65.3 Å². The second-order valence-corrected chi connectivity index (χ2v) is 7.19. The number of aryl methyl sites for hydroxylation is 1. The second kappa shape index (κ2) is 8.86. The standard InChI is InChI=1S/C21H21BrN2O3/c1-27-21(26)14-18(15-6-8-17(22)9-7-15)23-20(25)11-13-24-12-10-16-4-2-3-5-19(16)24/h2-10,12,18H,11,13-14H2,1H3,(H,23,25). The summed E-state index contributed by atoms with van der Waals surface area (Å²) in [7, 11) is 1.35. The van der Waals surface area contributed by atoms with Crippen molar-refractivity contribution in [2.45, 2.75) is 25.4 Å². The van der Waals surface area contributed by atoms with Gasteiger partial charge < -0.3 is 14.6 Å². The topological polar surface area (TPSA) is 60.3 Å². The van der Waals surface area contributed by atoms with Gasteiger partial charge in [-0.05, 0) is 35.2 Å². The van der Waals surface area contributed by atoms with Crippen molar-refractivity contribution < 1.29 is 14.3 Å². The molecule has 5 nitrogen and oxygen atoms in total. The number of ether oxygens (including phenoxy) is 1. The first kappa shape index (κ1) is 19.2. The molecule has 0 saturated heterocycles. The number of halogens is 1. The predicted octanol–water partition coefficient (Wildman–Crippen LogP) is 4.21. The van der Waals surface area contributed by atoms with Gasteiger partial charge in [0.15, 0.2) is 0 Å². The number of methoxy groups -OCH3 is 1. The molecule has 1 atom stereocenters. The third kappa shape index (κ3) is 4.98. The number of benzene rings is 2. The fourth-order valence-electron chi connectivity index (χ4n) is 3.02. The largest absolute Gasteiger partial charge is 0.469 e. The van der Waals surface area contributed by atoms with Crippen LogP contribution in [0.4, 0.5) is 0 Å². The monoisotopic (exact) mass is 428 g/mol.